The molecule has 1 N–H and O–H groups in total. The molecule has 5 heteroatoms. The van der Waals surface area contributed by atoms with Crippen molar-refractivity contribution in [1.29, 1.82) is 5.26 Å². The standard InChI is InChI=1S/C8H8N2O3/c1-4-2-5(3-9)12-7-6(4)13-8(11)10-7/h2,4,6-7H,1H3,(H,10,11). The molecule has 0 aliphatic carbocycles. The molecule has 5 nitrogen and oxygen atoms in total. The molecule has 13 heavy (non-hydrogen) atoms. The average Bonchev–Trinajstić information content (AvgIpc) is 2.46. The highest BCUT2D eigenvalue weighted by Gasteiger charge is 2.42. The molecule has 0 radical (unpaired) electrons. The van der Waals surface area contributed by atoms with Gasteiger partial charge < -0.3 is 9.47 Å². The zero-order valence-electron chi connectivity index (χ0n) is 6.98. The van der Waals surface area contributed by atoms with Crippen LogP contribution in [0.2, 0.25) is 0 Å². The van der Waals surface area contributed by atoms with E-state index in [-0.39, 0.29) is 17.8 Å². The third-order valence-electron chi connectivity index (χ3n) is 2.10. The van der Waals surface area contributed by atoms with E-state index < -0.39 is 12.3 Å². The number of nitrogens with zero attached hydrogens (tertiary/aromatic N) is 1. The summed E-state index contributed by atoms with van der Waals surface area (Å²) < 4.78 is 10.1. The van der Waals surface area contributed by atoms with Crippen molar-refractivity contribution in [2.75, 3.05) is 0 Å². The van der Waals surface area contributed by atoms with Gasteiger partial charge in [0.15, 0.2) is 11.9 Å². The minimum absolute atomic E-state index is 0.00681. The zero-order chi connectivity index (χ0) is 9.42. The summed E-state index contributed by atoms with van der Waals surface area (Å²) in [5, 5.41) is 11.1. The maximum absolute atomic E-state index is 10.8. The largest absolute Gasteiger partial charge is 0.457 e. The van der Waals surface area contributed by atoms with Crippen LogP contribution in [-0.2, 0) is 9.47 Å². The van der Waals surface area contributed by atoms with Crippen LogP contribution in [0, 0.1) is 17.2 Å². The van der Waals surface area contributed by atoms with Gasteiger partial charge in [-0.1, -0.05) is 6.92 Å². The fraction of sp³-hybridized carbons (Fsp3) is 0.500. The van der Waals surface area contributed by atoms with E-state index in [2.05, 4.69) is 5.32 Å². The Morgan fingerprint density at radius 3 is 3.08 bits per heavy atom. The first kappa shape index (κ1) is 7.92. The lowest BCUT2D eigenvalue weighted by atomic mass is 10.0. The molecular weight excluding hydrogens is 172 g/mol. The maximum atomic E-state index is 10.8. The summed E-state index contributed by atoms with van der Waals surface area (Å²) in [6.07, 6.45) is 0.336. The molecule has 2 rings (SSSR count). The van der Waals surface area contributed by atoms with Crippen molar-refractivity contribution in [3.63, 3.8) is 0 Å². The van der Waals surface area contributed by atoms with Gasteiger partial charge in [-0.3, -0.25) is 5.32 Å². The van der Waals surface area contributed by atoms with Crippen LogP contribution in [0.15, 0.2) is 11.8 Å². The van der Waals surface area contributed by atoms with Gasteiger partial charge in [0.1, 0.15) is 6.07 Å². The highest BCUT2D eigenvalue weighted by Crippen LogP contribution is 2.26. The molecule has 2 aliphatic rings. The van der Waals surface area contributed by atoms with Gasteiger partial charge in [-0.25, -0.2) is 4.79 Å². The van der Waals surface area contributed by atoms with Gasteiger partial charge >= 0.3 is 6.09 Å². The topological polar surface area (TPSA) is 71.3 Å². The van der Waals surface area contributed by atoms with Crippen LogP contribution in [0.25, 0.3) is 0 Å². The Kier molecular flexibility index (Phi) is 1.62. The number of nitrogens with one attached hydrogen (secondary N) is 1. The monoisotopic (exact) mass is 180 g/mol. The number of amides is 1. The van der Waals surface area contributed by atoms with Gasteiger partial charge in [-0.15, -0.1) is 0 Å². The number of carbonyl (C=O) groups is 1. The second-order valence-corrected chi connectivity index (χ2v) is 3.05. The first-order valence-electron chi connectivity index (χ1n) is 3.96. The van der Waals surface area contributed by atoms with Crippen LogP contribution in [0.1, 0.15) is 6.92 Å². The molecule has 0 aromatic heterocycles. The number of nitriles is 1. The fourth-order valence-corrected chi connectivity index (χ4v) is 1.47. The Balaban J connectivity index is 2.22. The Morgan fingerprint density at radius 2 is 2.38 bits per heavy atom. The van der Waals surface area contributed by atoms with E-state index in [1.54, 1.807) is 6.08 Å². The molecule has 0 aromatic rings. The predicted octanol–water partition coefficient (Wildman–Crippen LogP) is 0.495. The number of fused-ring (bicyclic) bond motifs is 1. The molecule has 0 saturated carbocycles. The molecule has 3 unspecified atom stereocenters. The second kappa shape index (κ2) is 2.66. The molecule has 1 saturated heterocycles. The first-order chi connectivity index (χ1) is 6.20. The first-order valence-corrected chi connectivity index (χ1v) is 3.96. The van der Waals surface area contributed by atoms with Crippen LogP contribution < -0.4 is 5.32 Å². The SMILES string of the molecule is CC1C=C(C#N)OC2NC(=O)OC12. The van der Waals surface area contributed by atoms with Crippen molar-refractivity contribution in [3.8, 4) is 6.07 Å². The number of hydrogen-bond acceptors (Lipinski definition) is 4. The summed E-state index contributed by atoms with van der Waals surface area (Å²) in [6.45, 7) is 1.87. The van der Waals surface area contributed by atoms with E-state index in [9.17, 15) is 4.79 Å². The van der Waals surface area contributed by atoms with Crippen molar-refractivity contribution >= 4 is 6.09 Å². The number of alkyl carbamates (subject to hydrolysis) is 1. The van der Waals surface area contributed by atoms with E-state index in [1.807, 2.05) is 13.0 Å². The Bertz CT molecular complexity index is 318. The summed E-state index contributed by atoms with van der Waals surface area (Å²) >= 11 is 0. The normalized spacial score (nSPS) is 36.2. The lowest BCUT2D eigenvalue weighted by Crippen LogP contribution is -2.39. The number of carbonyl (C=O) groups excluding carboxylic acids is 1. The van der Waals surface area contributed by atoms with Gasteiger partial charge in [-0.2, -0.15) is 5.26 Å². The molecule has 2 aliphatic heterocycles. The zero-order valence-corrected chi connectivity index (χ0v) is 6.98. The highest BCUT2D eigenvalue weighted by atomic mass is 16.6. The third-order valence-corrected chi connectivity index (χ3v) is 2.10. The van der Waals surface area contributed by atoms with Crippen LogP contribution in [-0.4, -0.2) is 18.4 Å². The fourth-order valence-electron chi connectivity index (χ4n) is 1.47. The van der Waals surface area contributed by atoms with E-state index in [0.717, 1.165) is 0 Å². The number of ether oxygens (including phenoxy) is 2. The minimum atomic E-state index is -0.512. The van der Waals surface area contributed by atoms with Crippen molar-refractivity contribution in [2.24, 2.45) is 5.92 Å². The summed E-state index contributed by atoms with van der Waals surface area (Å²) in [6, 6.07) is 1.89. The van der Waals surface area contributed by atoms with Crippen LogP contribution in [0.4, 0.5) is 4.79 Å². The molecule has 1 amide bonds. The summed E-state index contributed by atoms with van der Waals surface area (Å²) in [4.78, 5) is 10.8. The lowest BCUT2D eigenvalue weighted by Gasteiger charge is -2.25. The lowest BCUT2D eigenvalue weighted by molar-refractivity contribution is 0.000405. The van der Waals surface area contributed by atoms with Crippen LogP contribution in [0.3, 0.4) is 0 Å². The van der Waals surface area contributed by atoms with Gasteiger partial charge in [0.25, 0.3) is 0 Å². The van der Waals surface area contributed by atoms with Crippen molar-refractivity contribution in [3.05, 3.63) is 11.8 Å². The summed E-state index contributed by atoms with van der Waals surface area (Å²) in [5.74, 6) is 0.242. The van der Waals surface area contributed by atoms with Gasteiger partial charge in [0.05, 0.1) is 0 Å². The van der Waals surface area contributed by atoms with Gasteiger partial charge in [0, 0.05) is 5.92 Å². The molecule has 2 heterocycles. The molecular formula is C8H8N2O3. The average molecular weight is 180 g/mol. The Labute approximate surface area is 74.9 Å². The third kappa shape index (κ3) is 1.20. The van der Waals surface area contributed by atoms with Crippen molar-refractivity contribution in [2.45, 2.75) is 19.3 Å². The second-order valence-electron chi connectivity index (χ2n) is 3.05. The molecule has 0 bridgehead atoms. The van der Waals surface area contributed by atoms with Gasteiger partial charge in [-0.05, 0) is 6.08 Å². The Morgan fingerprint density at radius 1 is 1.62 bits per heavy atom. The molecule has 0 spiro atoms. The number of allylic oxidation sites excluding steroid dienone is 1. The molecule has 0 aromatic carbocycles. The predicted molar refractivity (Wildman–Crippen MR) is 41.1 cm³/mol. The van der Waals surface area contributed by atoms with E-state index >= 15 is 0 Å². The van der Waals surface area contributed by atoms with Gasteiger partial charge in [0.2, 0.25) is 6.23 Å². The maximum Gasteiger partial charge on any atom is 0.410 e. The smallest absolute Gasteiger partial charge is 0.410 e. The Hall–Kier alpha value is -1.70. The van der Waals surface area contributed by atoms with E-state index in [0.29, 0.717) is 0 Å². The quantitative estimate of drug-likeness (QED) is 0.589. The molecule has 68 valence electrons. The van der Waals surface area contributed by atoms with Crippen LogP contribution in [0.5, 0.6) is 0 Å². The number of rotatable bonds is 0. The summed E-state index contributed by atoms with van der Waals surface area (Å²) in [5.41, 5.74) is 0. The van der Waals surface area contributed by atoms with E-state index in [1.165, 1.54) is 0 Å². The van der Waals surface area contributed by atoms with Crippen molar-refractivity contribution in [1.82, 2.24) is 5.32 Å². The van der Waals surface area contributed by atoms with E-state index in [4.69, 9.17) is 14.7 Å². The molecule has 1 fully saturated rings. The summed E-state index contributed by atoms with van der Waals surface area (Å²) in [7, 11) is 0. The highest BCUT2D eigenvalue weighted by molar-refractivity contribution is 5.70. The van der Waals surface area contributed by atoms with Crippen LogP contribution >= 0.6 is 0 Å². The molecule has 3 atom stereocenters. The van der Waals surface area contributed by atoms with Crippen molar-refractivity contribution < 1.29 is 14.3 Å². The number of hydrogen-bond donors (Lipinski definition) is 1. The minimum Gasteiger partial charge on any atom is -0.457 e.